The predicted octanol–water partition coefficient (Wildman–Crippen LogP) is 2.40. The minimum absolute atomic E-state index is 0. The van der Waals surface area contributed by atoms with Crippen LogP contribution in [0.2, 0.25) is 0 Å². The van der Waals surface area contributed by atoms with Gasteiger partial charge in [-0.05, 0) is 30.7 Å². The molecule has 0 atom stereocenters. The molecule has 1 amide bonds. The van der Waals surface area contributed by atoms with Gasteiger partial charge in [0.1, 0.15) is 12.4 Å². The molecule has 0 radical (unpaired) electrons. The Balaban J connectivity index is 0.00000364. The van der Waals surface area contributed by atoms with Crippen LogP contribution in [0.3, 0.4) is 0 Å². The van der Waals surface area contributed by atoms with Crippen LogP contribution in [0, 0.1) is 0 Å². The van der Waals surface area contributed by atoms with Crippen molar-refractivity contribution in [2.24, 2.45) is 4.99 Å². The van der Waals surface area contributed by atoms with Crippen molar-refractivity contribution in [3.8, 4) is 0 Å². The second kappa shape index (κ2) is 14.0. The molecule has 2 aromatic rings. The van der Waals surface area contributed by atoms with E-state index < -0.39 is 0 Å². The van der Waals surface area contributed by atoms with E-state index in [0.29, 0.717) is 37.8 Å². The molecule has 1 aromatic heterocycles. The SMILES string of the molecule is CN=C(NCCCOCc1ccco1)NCCNC(=O)c1ccccc1.I. The average Bonchev–Trinajstić information content (AvgIpc) is 3.20. The van der Waals surface area contributed by atoms with E-state index in [-0.39, 0.29) is 29.9 Å². The number of benzene rings is 1. The van der Waals surface area contributed by atoms with E-state index >= 15 is 0 Å². The Morgan fingerprint density at radius 1 is 1.04 bits per heavy atom. The highest BCUT2D eigenvalue weighted by atomic mass is 127. The maximum atomic E-state index is 11.9. The lowest BCUT2D eigenvalue weighted by molar-refractivity contribution is 0.0954. The van der Waals surface area contributed by atoms with Crippen LogP contribution >= 0.6 is 24.0 Å². The third-order valence-corrected chi connectivity index (χ3v) is 3.54. The molecule has 0 aliphatic carbocycles. The Morgan fingerprint density at radius 2 is 1.78 bits per heavy atom. The van der Waals surface area contributed by atoms with Crippen LogP contribution in [0.15, 0.2) is 58.1 Å². The van der Waals surface area contributed by atoms with Gasteiger partial charge in [0, 0.05) is 38.9 Å². The van der Waals surface area contributed by atoms with E-state index in [2.05, 4.69) is 20.9 Å². The van der Waals surface area contributed by atoms with Crippen LogP contribution in [0.5, 0.6) is 0 Å². The van der Waals surface area contributed by atoms with Crippen molar-refractivity contribution in [2.45, 2.75) is 13.0 Å². The summed E-state index contributed by atoms with van der Waals surface area (Å²) in [6, 6.07) is 12.9. The van der Waals surface area contributed by atoms with E-state index in [9.17, 15) is 4.79 Å². The van der Waals surface area contributed by atoms with Crippen molar-refractivity contribution in [3.63, 3.8) is 0 Å². The van der Waals surface area contributed by atoms with E-state index in [0.717, 1.165) is 18.7 Å². The number of aliphatic imine (C=N–C) groups is 1. The van der Waals surface area contributed by atoms with E-state index in [1.807, 2.05) is 30.3 Å². The number of furan rings is 1. The van der Waals surface area contributed by atoms with Crippen molar-refractivity contribution in [1.29, 1.82) is 0 Å². The first-order valence-corrected chi connectivity index (χ1v) is 8.67. The summed E-state index contributed by atoms with van der Waals surface area (Å²) in [5, 5.41) is 9.23. The number of rotatable bonds is 10. The highest BCUT2D eigenvalue weighted by molar-refractivity contribution is 14.0. The molecule has 148 valence electrons. The van der Waals surface area contributed by atoms with Crippen LogP contribution in [0.1, 0.15) is 22.5 Å². The van der Waals surface area contributed by atoms with Gasteiger partial charge in [0.15, 0.2) is 5.96 Å². The Bertz CT molecular complexity index is 663. The molecular weight excluding hydrogens is 459 g/mol. The van der Waals surface area contributed by atoms with Gasteiger partial charge in [0.2, 0.25) is 0 Å². The van der Waals surface area contributed by atoms with Crippen molar-refractivity contribution in [1.82, 2.24) is 16.0 Å². The normalized spacial score (nSPS) is 10.8. The largest absolute Gasteiger partial charge is 0.467 e. The monoisotopic (exact) mass is 486 g/mol. The lowest BCUT2D eigenvalue weighted by atomic mass is 10.2. The van der Waals surface area contributed by atoms with Crippen LogP contribution < -0.4 is 16.0 Å². The summed E-state index contributed by atoms with van der Waals surface area (Å²) in [4.78, 5) is 16.1. The van der Waals surface area contributed by atoms with Gasteiger partial charge in [-0.15, -0.1) is 24.0 Å². The number of carbonyl (C=O) groups is 1. The lowest BCUT2D eigenvalue weighted by Gasteiger charge is -2.12. The van der Waals surface area contributed by atoms with Crippen LogP contribution in [0.25, 0.3) is 0 Å². The van der Waals surface area contributed by atoms with E-state index in [1.165, 1.54) is 0 Å². The molecule has 0 aliphatic rings. The van der Waals surface area contributed by atoms with Gasteiger partial charge in [0.05, 0.1) is 6.26 Å². The second-order valence-corrected chi connectivity index (χ2v) is 5.53. The number of guanidine groups is 1. The molecule has 7 nitrogen and oxygen atoms in total. The maximum absolute atomic E-state index is 11.9. The Kier molecular flexibility index (Phi) is 11.9. The summed E-state index contributed by atoms with van der Waals surface area (Å²) >= 11 is 0. The number of nitrogens with zero attached hydrogens (tertiary/aromatic N) is 1. The number of nitrogens with one attached hydrogen (secondary N) is 3. The molecule has 0 saturated heterocycles. The van der Waals surface area contributed by atoms with Crippen molar-refractivity contribution in [2.75, 3.05) is 33.3 Å². The first-order valence-electron chi connectivity index (χ1n) is 8.67. The summed E-state index contributed by atoms with van der Waals surface area (Å²) in [5.74, 6) is 1.45. The zero-order valence-corrected chi connectivity index (χ0v) is 17.8. The smallest absolute Gasteiger partial charge is 0.251 e. The highest BCUT2D eigenvalue weighted by Crippen LogP contribution is 2.01. The standard InChI is InChI=1S/C19H26N4O3.HI/c1-20-19(22-10-6-13-25-15-17-9-5-14-26-17)23-12-11-21-18(24)16-7-3-2-4-8-16;/h2-5,7-9,14H,6,10-13,15H2,1H3,(H,21,24)(H2,20,22,23);1H. The molecule has 0 fully saturated rings. The number of halogens is 1. The van der Waals surface area contributed by atoms with Gasteiger partial charge in [-0.1, -0.05) is 18.2 Å². The zero-order chi connectivity index (χ0) is 18.5. The fraction of sp³-hybridized carbons (Fsp3) is 0.368. The third-order valence-electron chi connectivity index (χ3n) is 3.54. The highest BCUT2D eigenvalue weighted by Gasteiger charge is 2.03. The zero-order valence-electron chi connectivity index (χ0n) is 15.4. The number of ether oxygens (including phenoxy) is 1. The van der Waals surface area contributed by atoms with Gasteiger partial charge in [0.25, 0.3) is 5.91 Å². The fourth-order valence-corrected chi connectivity index (χ4v) is 2.22. The fourth-order valence-electron chi connectivity index (χ4n) is 2.22. The molecule has 2 rings (SSSR count). The van der Waals surface area contributed by atoms with Crippen molar-refractivity contribution >= 4 is 35.8 Å². The Hall–Kier alpha value is -2.07. The number of amides is 1. The molecule has 0 aliphatic heterocycles. The van der Waals surface area contributed by atoms with E-state index in [4.69, 9.17) is 9.15 Å². The summed E-state index contributed by atoms with van der Waals surface area (Å²) in [6.07, 6.45) is 2.49. The molecule has 8 heteroatoms. The molecule has 0 unspecified atom stereocenters. The number of carbonyl (C=O) groups excluding carboxylic acids is 1. The van der Waals surface area contributed by atoms with Crippen LogP contribution in [0.4, 0.5) is 0 Å². The first-order chi connectivity index (χ1) is 12.8. The molecular formula is C19H27IN4O3. The van der Waals surface area contributed by atoms with Gasteiger partial charge < -0.3 is 25.1 Å². The molecule has 0 spiro atoms. The molecule has 0 bridgehead atoms. The van der Waals surface area contributed by atoms with Crippen LogP contribution in [-0.4, -0.2) is 45.2 Å². The number of hydrogen-bond acceptors (Lipinski definition) is 4. The minimum Gasteiger partial charge on any atom is -0.467 e. The molecule has 3 N–H and O–H groups in total. The van der Waals surface area contributed by atoms with Crippen LogP contribution in [-0.2, 0) is 11.3 Å². The minimum atomic E-state index is -0.0796. The molecule has 27 heavy (non-hydrogen) atoms. The van der Waals surface area contributed by atoms with Gasteiger partial charge in [-0.2, -0.15) is 0 Å². The van der Waals surface area contributed by atoms with Gasteiger partial charge >= 0.3 is 0 Å². The topological polar surface area (TPSA) is 87.9 Å². The summed E-state index contributed by atoms with van der Waals surface area (Å²) in [5.41, 5.74) is 0.657. The quantitative estimate of drug-likeness (QED) is 0.208. The van der Waals surface area contributed by atoms with Crippen molar-refractivity contribution < 1.29 is 13.9 Å². The molecule has 1 aromatic carbocycles. The molecule has 1 heterocycles. The summed E-state index contributed by atoms with van der Waals surface area (Å²) in [6.45, 7) is 2.97. The third kappa shape index (κ3) is 9.43. The van der Waals surface area contributed by atoms with Gasteiger partial charge in [-0.25, -0.2) is 0 Å². The predicted molar refractivity (Wildman–Crippen MR) is 117 cm³/mol. The van der Waals surface area contributed by atoms with Gasteiger partial charge in [-0.3, -0.25) is 9.79 Å². The van der Waals surface area contributed by atoms with Crippen molar-refractivity contribution in [3.05, 3.63) is 60.1 Å². The Labute approximate surface area is 177 Å². The summed E-state index contributed by atoms with van der Waals surface area (Å²) < 4.78 is 10.7. The second-order valence-electron chi connectivity index (χ2n) is 5.53. The average molecular weight is 486 g/mol. The maximum Gasteiger partial charge on any atom is 0.251 e. The Morgan fingerprint density at radius 3 is 2.48 bits per heavy atom. The first kappa shape index (κ1) is 23.0. The summed E-state index contributed by atoms with van der Waals surface area (Å²) in [7, 11) is 1.71. The lowest BCUT2D eigenvalue weighted by Crippen LogP contribution is -2.42. The van der Waals surface area contributed by atoms with E-state index in [1.54, 1.807) is 25.4 Å². The molecule has 0 saturated carbocycles. The number of hydrogen-bond donors (Lipinski definition) is 3.